The molecule has 0 spiro atoms. The van der Waals surface area contributed by atoms with E-state index in [0.717, 1.165) is 12.8 Å². The van der Waals surface area contributed by atoms with Crippen molar-refractivity contribution in [3.8, 4) is 0 Å². The van der Waals surface area contributed by atoms with Gasteiger partial charge in [0.05, 0.1) is 16.8 Å². The minimum Gasteiger partial charge on any atom is -0.462 e. The average Bonchev–Trinajstić information content (AvgIpc) is 2.48. The lowest BCUT2D eigenvalue weighted by Gasteiger charge is -2.21. The van der Waals surface area contributed by atoms with E-state index in [9.17, 15) is 4.79 Å². The molecule has 104 valence electrons. The van der Waals surface area contributed by atoms with Gasteiger partial charge < -0.3 is 4.74 Å². The first-order valence-electron chi connectivity index (χ1n) is 6.81. The maximum Gasteiger partial charge on any atom is 0.338 e. The molecule has 2 rings (SSSR count). The summed E-state index contributed by atoms with van der Waals surface area (Å²) in [4.78, 5) is 11.9. The van der Waals surface area contributed by atoms with Gasteiger partial charge in [-0.05, 0) is 42.0 Å². The molecule has 0 radical (unpaired) electrons. The smallest absolute Gasteiger partial charge is 0.338 e. The Kier molecular flexibility index (Phi) is 6.11. The molecule has 0 bridgehead atoms. The Bertz CT molecular complexity index is 414. The van der Waals surface area contributed by atoms with E-state index in [0.29, 0.717) is 16.8 Å². The van der Waals surface area contributed by atoms with Crippen molar-refractivity contribution in [1.29, 1.82) is 0 Å². The topological polar surface area (TPSA) is 26.3 Å². The van der Waals surface area contributed by atoms with Crippen molar-refractivity contribution in [1.82, 2.24) is 0 Å². The maximum absolute atomic E-state index is 11.9. The van der Waals surface area contributed by atoms with Gasteiger partial charge >= 0.3 is 5.97 Å². The van der Waals surface area contributed by atoms with E-state index in [1.165, 1.54) is 23.5 Å². The second kappa shape index (κ2) is 7.85. The first kappa shape index (κ1) is 14.8. The van der Waals surface area contributed by atoms with Crippen molar-refractivity contribution >= 4 is 29.5 Å². The van der Waals surface area contributed by atoms with Crippen LogP contribution in [0.4, 0.5) is 0 Å². The normalized spacial score (nSPS) is 16.3. The van der Waals surface area contributed by atoms with Crippen LogP contribution < -0.4 is 0 Å². The summed E-state index contributed by atoms with van der Waals surface area (Å²) in [7, 11) is 0. The number of rotatable bonds is 5. The summed E-state index contributed by atoms with van der Waals surface area (Å²) in [5.74, 6) is 2.23. The lowest BCUT2D eigenvalue weighted by atomic mass is 10.1. The molecule has 1 aromatic carbocycles. The molecule has 0 aromatic heterocycles. The highest BCUT2D eigenvalue weighted by atomic mass is 32.2. The fraction of sp³-hybridized carbons (Fsp3) is 0.533. The lowest BCUT2D eigenvalue weighted by molar-refractivity contribution is 0.0499. The van der Waals surface area contributed by atoms with Crippen molar-refractivity contribution in [2.45, 2.75) is 30.8 Å². The van der Waals surface area contributed by atoms with Gasteiger partial charge in [0.15, 0.2) is 0 Å². The van der Waals surface area contributed by atoms with Gasteiger partial charge in [-0.2, -0.15) is 0 Å². The van der Waals surface area contributed by atoms with Crippen LogP contribution in [0.1, 0.15) is 46.7 Å². The van der Waals surface area contributed by atoms with E-state index >= 15 is 0 Å². The molecule has 1 saturated heterocycles. The van der Waals surface area contributed by atoms with E-state index in [4.69, 9.17) is 4.74 Å². The molecular formula is C15H20O2S2. The molecule has 4 heteroatoms. The molecule has 1 aromatic rings. The van der Waals surface area contributed by atoms with Crippen LogP contribution in [0.2, 0.25) is 0 Å². The van der Waals surface area contributed by atoms with Crippen LogP contribution >= 0.6 is 23.5 Å². The summed E-state index contributed by atoms with van der Waals surface area (Å²) >= 11 is 3.94. The van der Waals surface area contributed by atoms with Crippen LogP contribution in [0.5, 0.6) is 0 Å². The Balaban J connectivity index is 1.99. The van der Waals surface area contributed by atoms with E-state index in [2.05, 4.69) is 13.0 Å². The number of benzene rings is 1. The molecule has 19 heavy (non-hydrogen) atoms. The summed E-state index contributed by atoms with van der Waals surface area (Å²) in [5.41, 5.74) is 1.92. The van der Waals surface area contributed by atoms with Gasteiger partial charge in [-0.25, -0.2) is 4.79 Å². The summed E-state index contributed by atoms with van der Waals surface area (Å²) in [6.07, 6.45) is 3.26. The van der Waals surface area contributed by atoms with Gasteiger partial charge in [-0.1, -0.05) is 25.5 Å². The summed E-state index contributed by atoms with van der Waals surface area (Å²) in [6, 6.07) is 7.90. The van der Waals surface area contributed by atoms with E-state index < -0.39 is 0 Å². The molecule has 0 unspecified atom stereocenters. The number of unbranched alkanes of at least 4 members (excludes halogenated alkanes) is 1. The van der Waals surface area contributed by atoms with Crippen molar-refractivity contribution in [3.63, 3.8) is 0 Å². The van der Waals surface area contributed by atoms with Crippen molar-refractivity contribution in [3.05, 3.63) is 35.4 Å². The highest BCUT2D eigenvalue weighted by molar-refractivity contribution is 8.16. The van der Waals surface area contributed by atoms with Crippen LogP contribution in [-0.2, 0) is 4.74 Å². The zero-order valence-corrected chi connectivity index (χ0v) is 12.9. The predicted molar refractivity (Wildman–Crippen MR) is 83.9 cm³/mol. The van der Waals surface area contributed by atoms with Gasteiger partial charge in [0.1, 0.15) is 0 Å². The largest absolute Gasteiger partial charge is 0.462 e. The molecule has 0 aliphatic carbocycles. The van der Waals surface area contributed by atoms with Crippen molar-refractivity contribution in [2.75, 3.05) is 18.1 Å². The molecular weight excluding hydrogens is 276 g/mol. The molecule has 0 N–H and O–H groups in total. The second-order valence-corrected chi connectivity index (χ2v) is 7.27. The van der Waals surface area contributed by atoms with Crippen LogP contribution in [-0.4, -0.2) is 24.1 Å². The number of ether oxygens (including phenoxy) is 1. The first-order valence-corrected chi connectivity index (χ1v) is 8.91. The Hall–Kier alpha value is -0.610. The van der Waals surface area contributed by atoms with Crippen LogP contribution in [0.15, 0.2) is 24.3 Å². The number of hydrogen-bond acceptors (Lipinski definition) is 4. The fourth-order valence-corrected chi connectivity index (χ4v) is 4.76. The van der Waals surface area contributed by atoms with E-state index in [1.807, 2.05) is 41.7 Å². The summed E-state index contributed by atoms with van der Waals surface area (Å²) < 4.78 is 5.73. The third kappa shape index (κ3) is 4.46. The number of thioether (sulfide) groups is 2. The summed E-state index contributed by atoms with van der Waals surface area (Å²) in [5, 5.41) is 0. The molecule has 0 saturated carbocycles. The molecule has 0 amide bonds. The van der Waals surface area contributed by atoms with Crippen LogP contribution in [0.25, 0.3) is 0 Å². The van der Waals surface area contributed by atoms with Gasteiger partial charge in [0.25, 0.3) is 0 Å². The Morgan fingerprint density at radius 1 is 1.37 bits per heavy atom. The zero-order chi connectivity index (χ0) is 13.5. The molecule has 1 aliphatic heterocycles. The molecule has 1 aliphatic rings. The number of esters is 1. The van der Waals surface area contributed by atoms with Gasteiger partial charge in [-0.15, -0.1) is 23.5 Å². The number of hydrogen-bond donors (Lipinski definition) is 0. The minimum atomic E-state index is -0.193. The van der Waals surface area contributed by atoms with Gasteiger partial charge in [-0.3, -0.25) is 0 Å². The molecule has 2 nitrogen and oxygen atoms in total. The average molecular weight is 296 g/mol. The third-order valence-electron chi connectivity index (χ3n) is 2.95. The molecule has 0 atom stereocenters. The Morgan fingerprint density at radius 3 is 2.89 bits per heavy atom. The van der Waals surface area contributed by atoms with E-state index in [-0.39, 0.29) is 5.97 Å². The minimum absolute atomic E-state index is 0.193. The molecule has 1 heterocycles. The standard InChI is InChI=1S/C15H20O2S2/c1-2-3-8-17-14(16)12-6-4-7-13(11-12)15-18-9-5-10-19-15/h4,6-7,11,15H,2-3,5,8-10H2,1H3. The van der Waals surface area contributed by atoms with Gasteiger partial charge in [0.2, 0.25) is 0 Å². The van der Waals surface area contributed by atoms with Crippen LogP contribution in [0.3, 0.4) is 0 Å². The monoisotopic (exact) mass is 296 g/mol. The number of carbonyl (C=O) groups is 1. The maximum atomic E-state index is 11.9. The predicted octanol–water partition coefficient (Wildman–Crippen LogP) is 4.51. The SMILES string of the molecule is CCCCOC(=O)c1cccc(C2SCCCS2)c1. The number of carbonyl (C=O) groups excluding carboxylic acids is 1. The van der Waals surface area contributed by atoms with Crippen LogP contribution in [0, 0.1) is 0 Å². The van der Waals surface area contributed by atoms with Crippen molar-refractivity contribution in [2.24, 2.45) is 0 Å². The zero-order valence-electron chi connectivity index (χ0n) is 11.3. The highest BCUT2D eigenvalue weighted by Gasteiger charge is 2.18. The lowest BCUT2D eigenvalue weighted by Crippen LogP contribution is -2.07. The highest BCUT2D eigenvalue weighted by Crippen LogP contribution is 2.43. The second-order valence-electron chi connectivity index (χ2n) is 4.54. The quantitative estimate of drug-likeness (QED) is 0.590. The summed E-state index contributed by atoms with van der Waals surface area (Å²) in [6.45, 7) is 2.61. The van der Waals surface area contributed by atoms with Crippen molar-refractivity contribution < 1.29 is 9.53 Å². The Labute approximate surface area is 123 Å². The first-order chi connectivity index (χ1) is 9.31. The third-order valence-corrected chi connectivity index (χ3v) is 5.97. The molecule has 1 fully saturated rings. The van der Waals surface area contributed by atoms with E-state index in [1.54, 1.807) is 0 Å². The van der Waals surface area contributed by atoms with Gasteiger partial charge in [0, 0.05) is 0 Å². The fourth-order valence-electron chi connectivity index (χ4n) is 1.89. The Morgan fingerprint density at radius 2 is 2.16 bits per heavy atom.